The van der Waals surface area contributed by atoms with Gasteiger partial charge in [-0.2, -0.15) is 0 Å². The molecule has 0 saturated heterocycles. The van der Waals surface area contributed by atoms with Crippen LogP contribution < -0.4 is 0 Å². The molecule has 0 fully saturated rings. The number of aromatic nitrogens is 2. The molecule has 0 aliphatic carbocycles. The maximum atomic E-state index is 13.5. The number of benzene rings is 2. The van der Waals surface area contributed by atoms with Crippen LogP contribution in [0.1, 0.15) is 18.1 Å². The molecule has 0 amide bonds. The van der Waals surface area contributed by atoms with Crippen molar-refractivity contribution in [2.75, 3.05) is 0 Å². The van der Waals surface area contributed by atoms with E-state index in [1.165, 1.54) is 24.3 Å². The van der Waals surface area contributed by atoms with Crippen LogP contribution in [0, 0.1) is 11.6 Å². The predicted octanol–water partition coefficient (Wildman–Crippen LogP) is 5.26. The first-order valence-electron chi connectivity index (χ1n) is 6.25. The van der Waals surface area contributed by atoms with Crippen molar-refractivity contribution in [2.24, 2.45) is 0 Å². The summed E-state index contributed by atoms with van der Waals surface area (Å²) in [6.07, 6.45) is 0. The molecule has 6 heteroatoms. The summed E-state index contributed by atoms with van der Waals surface area (Å²) in [5.74, 6) is -0.359. The van der Waals surface area contributed by atoms with Crippen LogP contribution in [-0.2, 0) is 0 Å². The summed E-state index contributed by atoms with van der Waals surface area (Å²) in [7, 11) is 0. The van der Waals surface area contributed by atoms with E-state index in [1.54, 1.807) is 23.6 Å². The molecule has 0 bridgehead atoms. The lowest BCUT2D eigenvalue weighted by Gasteiger charge is -2.11. The highest BCUT2D eigenvalue weighted by Crippen LogP contribution is 2.30. The lowest BCUT2D eigenvalue weighted by Crippen LogP contribution is -2.02. The van der Waals surface area contributed by atoms with Crippen molar-refractivity contribution in [2.45, 2.75) is 12.3 Å². The maximum absolute atomic E-state index is 13.5. The Morgan fingerprint density at radius 1 is 1.14 bits per heavy atom. The molecule has 1 unspecified atom stereocenters. The number of halogens is 4. The van der Waals surface area contributed by atoms with Gasteiger partial charge in [0.15, 0.2) is 0 Å². The second kappa shape index (κ2) is 5.28. The minimum atomic E-state index is -0.517. The Kier molecular flexibility index (Phi) is 3.59. The van der Waals surface area contributed by atoms with Gasteiger partial charge in [-0.05, 0) is 37.3 Å². The van der Waals surface area contributed by atoms with Crippen LogP contribution in [0.15, 0.2) is 36.4 Å². The first-order valence-corrected chi connectivity index (χ1v) is 7.06. The van der Waals surface area contributed by atoms with Crippen molar-refractivity contribution in [3.63, 3.8) is 0 Å². The van der Waals surface area contributed by atoms with Gasteiger partial charge in [0.05, 0.1) is 21.4 Å². The molecular weight excluding hydrogens is 317 g/mol. The summed E-state index contributed by atoms with van der Waals surface area (Å²) in [5.41, 5.74) is 1.75. The molecule has 0 aliphatic heterocycles. The number of nitrogens with zero attached hydrogens (tertiary/aromatic N) is 2. The molecule has 0 spiro atoms. The highest BCUT2D eigenvalue weighted by molar-refractivity contribution is 6.30. The summed E-state index contributed by atoms with van der Waals surface area (Å²) < 4.78 is 28.5. The summed E-state index contributed by atoms with van der Waals surface area (Å²) in [5, 5.41) is -0.414. The van der Waals surface area contributed by atoms with E-state index < -0.39 is 11.2 Å². The smallest absolute Gasteiger partial charge is 0.141 e. The van der Waals surface area contributed by atoms with Gasteiger partial charge in [-0.1, -0.05) is 11.6 Å². The minimum absolute atomic E-state index is 0.0149. The average molecular weight is 327 g/mol. The molecule has 1 aromatic heterocycles. The van der Waals surface area contributed by atoms with E-state index >= 15 is 0 Å². The Balaban J connectivity index is 2.35. The molecule has 0 radical (unpaired) electrons. The zero-order chi connectivity index (χ0) is 15.1. The van der Waals surface area contributed by atoms with E-state index in [-0.39, 0.29) is 10.8 Å². The molecule has 2 aromatic carbocycles. The number of imidazole rings is 1. The Hall–Kier alpha value is -1.65. The molecule has 0 saturated carbocycles. The molecule has 1 heterocycles. The molecule has 21 heavy (non-hydrogen) atoms. The fraction of sp³-hybridized carbons (Fsp3) is 0.133. The van der Waals surface area contributed by atoms with Crippen molar-refractivity contribution >= 4 is 34.2 Å². The van der Waals surface area contributed by atoms with Crippen LogP contribution in [0.4, 0.5) is 8.78 Å². The van der Waals surface area contributed by atoms with E-state index in [0.29, 0.717) is 22.5 Å². The van der Waals surface area contributed by atoms with Crippen LogP contribution >= 0.6 is 23.2 Å². The molecule has 1 atom stereocenters. The third kappa shape index (κ3) is 2.49. The molecule has 0 aliphatic rings. The standard InChI is InChI=1S/C15H10Cl2F2N2/c1-8(16)15-20-13-5-2-9(18)6-14(13)21(15)10-3-4-12(19)11(17)7-10/h2-8H,1H3. The summed E-state index contributed by atoms with van der Waals surface area (Å²) >= 11 is 12.0. The normalized spacial score (nSPS) is 12.8. The van der Waals surface area contributed by atoms with E-state index in [2.05, 4.69) is 4.98 Å². The van der Waals surface area contributed by atoms with Crippen molar-refractivity contribution in [1.29, 1.82) is 0 Å². The first-order chi connectivity index (χ1) is 9.97. The molecule has 3 aromatic rings. The minimum Gasteiger partial charge on any atom is -0.295 e. The molecule has 0 N–H and O–H groups in total. The zero-order valence-electron chi connectivity index (χ0n) is 10.9. The van der Waals surface area contributed by atoms with Crippen LogP contribution in [0.3, 0.4) is 0 Å². The zero-order valence-corrected chi connectivity index (χ0v) is 12.5. The number of alkyl halides is 1. The number of hydrogen-bond donors (Lipinski definition) is 0. The van der Waals surface area contributed by atoms with Crippen LogP contribution in [-0.4, -0.2) is 9.55 Å². The van der Waals surface area contributed by atoms with Gasteiger partial charge in [-0.25, -0.2) is 13.8 Å². The second-order valence-electron chi connectivity index (χ2n) is 4.65. The summed E-state index contributed by atoms with van der Waals surface area (Å²) in [6, 6.07) is 8.55. The first kappa shape index (κ1) is 14.3. The molecule has 2 nitrogen and oxygen atoms in total. The maximum Gasteiger partial charge on any atom is 0.141 e. The van der Waals surface area contributed by atoms with Gasteiger partial charge in [-0.15, -0.1) is 11.6 Å². The highest BCUT2D eigenvalue weighted by atomic mass is 35.5. The van der Waals surface area contributed by atoms with Gasteiger partial charge in [-0.3, -0.25) is 4.57 Å². The van der Waals surface area contributed by atoms with Gasteiger partial charge < -0.3 is 0 Å². The third-order valence-corrected chi connectivity index (χ3v) is 3.64. The largest absolute Gasteiger partial charge is 0.295 e. The van der Waals surface area contributed by atoms with E-state index in [1.807, 2.05) is 0 Å². The third-order valence-electron chi connectivity index (χ3n) is 3.16. The average Bonchev–Trinajstić information content (AvgIpc) is 2.80. The Morgan fingerprint density at radius 2 is 1.90 bits per heavy atom. The topological polar surface area (TPSA) is 17.8 Å². The Morgan fingerprint density at radius 3 is 2.57 bits per heavy atom. The van der Waals surface area contributed by atoms with Crippen molar-refractivity contribution in [3.05, 3.63) is 58.9 Å². The summed E-state index contributed by atoms with van der Waals surface area (Å²) in [4.78, 5) is 4.41. The van der Waals surface area contributed by atoms with E-state index in [0.717, 1.165) is 0 Å². The fourth-order valence-electron chi connectivity index (χ4n) is 2.23. The molecular formula is C15H10Cl2F2N2. The van der Waals surface area contributed by atoms with Gasteiger partial charge in [0, 0.05) is 11.8 Å². The van der Waals surface area contributed by atoms with E-state index in [4.69, 9.17) is 23.2 Å². The predicted molar refractivity (Wildman–Crippen MR) is 80.3 cm³/mol. The van der Waals surface area contributed by atoms with Gasteiger partial charge in [0.25, 0.3) is 0 Å². The quantitative estimate of drug-likeness (QED) is 0.587. The lowest BCUT2D eigenvalue weighted by molar-refractivity contribution is 0.627. The van der Waals surface area contributed by atoms with Gasteiger partial charge >= 0.3 is 0 Å². The van der Waals surface area contributed by atoms with Gasteiger partial charge in [0.1, 0.15) is 17.5 Å². The van der Waals surface area contributed by atoms with Crippen LogP contribution in [0.5, 0.6) is 0 Å². The molecule has 108 valence electrons. The SMILES string of the molecule is CC(Cl)c1nc2ccc(F)cc2n1-c1ccc(F)c(Cl)c1. The highest BCUT2D eigenvalue weighted by Gasteiger charge is 2.17. The number of fused-ring (bicyclic) bond motifs is 1. The van der Waals surface area contributed by atoms with Crippen molar-refractivity contribution in [1.82, 2.24) is 9.55 Å². The van der Waals surface area contributed by atoms with Gasteiger partial charge in [0.2, 0.25) is 0 Å². The number of hydrogen-bond acceptors (Lipinski definition) is 1. The molecule has 3 rings (SSSR count). The lowest BCUT2D eigenvalue weighted by atomic mass is 10.2. The number of rotatable bonds is 2. The second-order valence-corrected chi connectivity index (χ2v) is 5.71. The van der Waals surface area contributed by atoms with E-state index in [9.17, 15) is 8.78 Å². The fourth-order valence-corrected chi connectivity index (χ4v) is 2.55. The monoisotopic (exact) mass is 326 g/mol. The van der Waals surface area contributed by atoms with Crippen molar-refractivity contribution in [3.8, 4) is 5.69 Å². The summed E-state index contributed by atoms with van der Waals surface area (Å²) in [6.45, 7) is 1.76. The van der Waals surface area contributed by atoms with Crippen LogP contribution in [0.25, 0.3) is 16.7 Å². The van der Waals surface area contributed by atoms with Crippen molar-refractivity contribution < 1.29 is 8.78 Å². The van der Waals surface area contributed by atoms with Crippen LogP contribution in [0.2, 0.25) is 5.02 Å². The Bertz CT molecular complexity index is 828. The Labute approximate surface area is 129 Å².